The average Bonchev–Trinajstić information content (AvgIpc) is 2.69. The SMILES string of the molecule is CCCCOc1nc(Nc2ccc(S(=O)(=O)NCCOC)cc2)ncc1C#N. The summed E-state index contributed by atoms with van der Waals surface area (Å²) in [4.78, 5) is 8.44. The van der Waals surface area contributed by atoms with Gasteiger partial charge in [0.2, 0.25) is 21.9 Å². The minimum Gasteiger partial charge on any atom is -0.477 e. The molecule has 2 N–H and O–H groups in total. The number of nitrogens with one attached hydrogen (secondary N) is 2. The second-order valence-electron chi connectivity index (χ2n) is 5.77. The molecular formula is C18H23N5O4S. The molecule has 0 saturated carbocycles. The quantitative estimate of drug-likeness (QED) is 0.545. The van der Waals surface area contributed by atoms with E-state index in [4.69, 9.17) is 14.7 Å². The third kappa shape index (κ3) is 6.16. The van der Waals surface area contributed by atoms with Gasteiger partial charge in [0.15, 0.2) is 0 Å². The number of nitriles is 1. The van der Waals surface area contributed by atoms with Crippen molar-refractivity contribution in [1.82, 2.24) is 14.7 Å². The van der Waals surface area contributed by atoms with Crippen LogP contribution in [0.15, 0.2) is 35.4 Å². The van der Waals surface area contributed by atoms with Crippen LogP contribution in [0, 0.1) is 11.3 Å². The van der Waals surface area contributed by atoms with E-state index in [2.05, 4.69) is 20.0 Å². The molecule has 0 bridgehead atoms. The van der Waals surface area contributed by atoms with E-state index in [9.17, 15) is 8.42 Å². The Morgan fingerprint density at radius 1 is 1.21 bits per heavy atom. The van der Waals surface area contributed by atoms with Gasteiger partial charge in [-0.1, -0.05) is 13.3 Å². The van der Waals surface area contributed by atoms with Crippen LogP contribution in [0.2, 0.25) is 0 Å². The van der Waals surface area contributed by atoms with Crippen molar-refractivity contribution in [3.05, 3.63) is 36.0 Å². The molecule has 0 amide bonds. The smallest absolute Gasteiger partial charge is 0.240 e. The molecule has 0 saturated heterocycles. The normalized spacial score (nSPS) is 11.0. The lowest BCUT2D eigenvalue weighted by Gasteiger charge is -2.10. The first-order valence-corrected chi connectivity index (χ1v) is 10.2. The van der Waals surface area contributed by atoms with Crippen LogP contribution in [0.1, 0.15) is 25.3 Å². The lowest BCUT2D eigenvalue weighted by molar-refractivity contribution is 0.204. The van der Waals surface area contributed by atoms with E-state index in [1.807, 2.05) is 13.0 Å². The van der Waals surface area contributed by atoms with Crippen LogP contribution in [0.5, 0.6) is 5.88 Å². The highest BCUT2D eigenvalue weighted by atomic mass is 32.2. The molecular weight excluding hydrogens is 382 g/mol. The number of benzene rings is 1. The van der Waals surface area contributed by atoms with E-state index in [0.717, 1.165) is 12.8 Å². The zero-order valence-electron chi connectivity index (χ0n) is 15.8. The number of ether oxygens (including phenoxy) is 2. The minimum atomic E-state index is -3.60. The van der Waals surface area contributed by atoms with Crippen LogP contribution in [-0.2, 0) is 14.8 Å². The third-order valence-electron chi connectivity index (χ3n) is 3.63. The monoisotopic (exact) mass is 405 g/mol. The van der Waals surface area contributed by atoms with E-state index in [1.165, 1.54) is 25.4 Å². The van der Waals surface area contributed by atoms with Crippen molar-refractivity contribution < 1.29 is 17.9 Å². The highest BCUT2D eigenvalue weighted by Gasteiger charge is 2.13. The van der Waals surface area contributed by atoms with E-state index < -0.39 is 10.0 Å². The van der Waals surface area contributed by atoms with Crippen molar-refractivity contribution in [3.8, 4) is 11.9 Å². The maximum absolute atomic E-state index is 12.2. The minimum absolute atomic E-state index is 0.137. The Hall–Kier alpha value is -2.74. The van der Waals surface area contributed by atoms with Gasteiger partial charge in [-0.2, -0.15) is 10.2 Å². The van der Waals surface area contributed by atoms with Gasteiger partial charge in [0, 0.05) is 19.3 Å². The fourth-order valence-electron chi connectivity index (χ4n) is 2.13. The number of aromatic nitrogens is 2. The molecule has 0 unspecified atom stereocenters. The molecule has 0 radical (unpaired) electrons. The van der Waals surface area contributed by atoms with Crippen LogP contribution in [0.25, 0.3) is 0 Å². The summed E-state index contributed by atoms with van der Waals surface area (Å²) < 4.78 is 37.1. The molecule has 0 fully saturated rings. The van der Waals surface area contributed by atoms with Crippen molar-refractivity contribution in [3.63, 3.8) is 0 Å². The van der Waals surface area contributed by atoms with E-state index >= 15 is 0 Å². The maximum Gasteiger partial charge on any atom is 0.240 e. The van der Waals surface area contributed by atoms with Gasteiger partial charge in [0.1, 0.15) is 11.6 Å². The van der Waals surface area contributed by atoms with Crippen LogP contribution >= 0.6 is 0 Å². The second-order valence-corrected chi connectivity index (χ2v) is 7.53. The summed E-state index contributed by atoms with van der Waals surface area (Å²) in [5.74, 6) is 0.467. The first-order valence-electron chi connectivity index (χ1n) is 8.75. The number of hydrogen-bond acceptors (Lipinski definition) is 8. The predicted octanol–water partition coefficient (Wildman–Crippen LogP) is 2.20. The molecule has 150 valence electrons. The summed E-state index contributed by atoms with van der Waals surface area (Å²) in [7, 11) is -2.10. The van der Waals surface area contributed by atoms with Crippen molar-refractivity contribution in [1.29, 1.82) is 5.26 Å². The maximum atomic E-state index is 12.2. The summed E-state index contributed by atoms with van der Waals surface area (Å²) in [6, 6.07) is 8.14. The van der Waals surface area contributed by atoms with Crippen molar-refractivity contribution in [2.75, 3.05) is 32.2 Å². The number of unbranched alkanes of at least 4 members (excludes halogenated alkanes) is 1. The van der Waals surface area contributed by atoms with Gasteiger partial charge in [0.05, 0.1) is 24.3 Å². The first-order chi connectivity index (χ1) is 13.5. The molecule has 1 heterocycles. The summed E-state index contributed by atoms with van der Waals surface area (Å²) in [6.45, 7) is 2.99. The van der Waals surface area contributed by atoms with Gasteiger partial charge in [-0.25, -0.2) is 18.1 Å². The molecule has 2 aromatic rings. The van der Waals surface area contributed by atoms with Crippen LogP contribution in [-0.4, -0.2) is 45.3 Å². The highest BCUT2D eigenvalue weighted by Crippen LogP contribution is 2.20. The standard InChI is InChI=1S/C18H23N5O4S/c1-3-4-10-27-17-14(12-19)13-20-18(23-17)22-15-5-7-16(8-6-15)28(24,25)21-9-11-26-2/h5-8,13,21H,3-4,9-11H2,1-2H3,(H,20,22,23). The largest absolute Gasteiger partial charge is 0.477 e. The van der Waals surface area contributed by atoms with Gasteiger partial charge in [-0.05, 0) is 30.7 Å². The van der Waals surface area contributed by atoms with Crippen molar-refractivity contribution >= 4 is 21.7 Å². The molecule has 0 aliphatic carbocycles. The second kappa shape index (κ2) is 10.6. The Bertz CT molecular complexity index is 911. The summed E-state index contributed by atoms with van der Waals surface area (Å²) >= 11 is 0. The van der Waals surface area contributed by atoms with E-state index in [1.54, 1.807) is 12.1 Å². The molecule has 1 aromatic heterocycles. The zero-order chi connectivity index (χ0) is 20.4. The van der Waals surface area contributed by atoms with Crippen molar-refractivity contribution in [2.24, 2.45) is 0 Å². The molecule has 9 nitrogen and oxygen atoms in total. The lowest BCUT2D eigenvalue weighted by Crippen LogP contribution is -2.27. The number of hydrogen-bond donors (Lipinski definition) is 2. The predicted molar refractivity (Wildman–Crippen MR) is 104 cm³/mol. The summed E-state index contributed by atoms with van der Waals surface area (Å²) in [6.07, 6.45) is 3.20. The van der Waals surface area contributed by atoms with Crippen LogP contribution in [0.4, 0.5) is 11.6 Å². The van der Waals surface area contributed by atoms with Crippen LogP contribution < -0.4 is 14.8 Å². The lowest BCUT2D eigenvalue weighted by atomic mass is 10.3. The zero-order valence-corrected chi connectivity index (χ0v) is 16.6. The van der Waals surface area contributed by atoms with Gasteiger partial charge in [-0.3, -0.25) is 0 Å². The van der Waals surface area contributed by atoms with Gasteiger partial charge >= 0.3 is 0 Å². The molecule has 10 heteroatoms. The van der Waals surface area contributed by atoms with Crippen LogP contribution in [0.3, 0.4) is 0 Å². The van der Waals surface area contributed by atoms with Crippen molar-refractivity contribution in [2.45, 2.75) is 24.7 Å². The molecule has 2 rings (SSSR count). The fourth-order valence-corrected chi connectivity index (χ4v) is 3.15. The molecule has 0 atom stereocenters. The Labute approximate surface area is 164 Å². The molecule has 0 aliphatic rings. The number of nitrogens with zero attached hydrogens (tertiary/aromatic N) is 3. The summed E-state index contributed by atoms with van der Waals surface area (Å²) in [5.41, 5.74) is 0.852. The molecule has 28 heavy (non-hydrogen) atoms. The Balaban J connectivity index is 2.09. The number of anilines is 2. The summed E-state index contributed by atoms with van der Waals surface area (Å²) in [5, 5.41) is 12.1. The number of sulfonamides is 1. The van der Waals surface area contributed by atoms with E-state index in [-0.39, 0.29) is 35.4 Å². The van der Waals surface area contributed by atoms with E-state index in [0.29, 0.717) is 12.3 Å². The highest BCUT2D eigenvalue weighted by molar-refractivity contribution is 7.89. The molecule has 0 aliphatic heterocycles. The molecule has 0 spiro atoms. The Morgan fingerprint density at radius 3 is 2.61 bits per heavy atom. The third-order valence-corrected chi connectivity index (χ3v) is 5.11. The topological polar surface area (TPSA) is 126 Å². The Kier molecular flexibility index (Phi) is 8.13. The van der Waals surface area contributed by atoms with Gasteiger partial charge < -0.3 is 14.8 Å². The van der Waals surface area contributed by atoms with Gasteiger partial charge in [0.25, 0.3) is 0 Å². The Morgan fingerprint density at radius 2 is 1.96 bits per heavy atom. The average molecular weight is 405 g/mol. The number of methoxy groups -OCH3 is 1. The first kappa shape index (κ1) is 21.6. The number of rotatable bonds is 11. The fraction of sp³-hybridized carbons (Fsp3) is 0.389. The molecule has 1 aromatic carbocycles. The van der Waals surface area contributed by atoms with Gasteiger partial charge in [-0.15, -0.1) is 0 Å².